The SMILES string of the molecule is [HH].c1ccc2c(c1)NC(c1cscn1)N2. The summed E-state index contributed by atoms with van der Waals surface area (Å²) in [5.74, 6) is 0. The number of fused-ring (bicyclic) bond motifs is 1. The van der Waals surface area contributed by atoms with Gasteiger partial charge in [-0.05, 0) is 12.1 Å². The zero-order chi connectivity index (χ0) is 9.38. The topological polar surface area (TPSA) is 37.0 Å². The molecule has 0 fully saturated rings. The van der Waals surface area contributed by atoms with Crippen LogP contribution in [0.3, 0.4) is 0 Å². The smallest absolute Gasteiger partial charge is 0.141 e. The lowest BCUT2D eigenvalue weighted by molar-refractivity contribution is 0.899. The van der Waals surface area contributed by atoms with Gasteiger partial charge in [-0.2, -0.15) is 0 Å². The molecule has 3 nitrogen and oxygen atoms in total. The van der Waals surface area contributed by atoms with Gasteiger partial charge in [0.15, 0.2) is 0 Å². The second-order valence-corrected chi connectivity index (χ2v) is 3.90. The molecule has 3 rings (SSSR count). The first-order valence-electron chi connectivity index (χ1n) is 4.44. The van der Waals surface area contributed by atoms with Gasteiger partial charge in [-0.3, -0.25) is 0 Å². The summed E-state index contributed by atoms with van der Waals surface area (Å²) >= 11 is 1.61. The van der Waals surface area contributed by atoms with E-state index in [1.165, 1.54) is 0 Å². The lowest BCUT2D eigenvalue weighted by Gasteiger charge is -2.08. The number of hydrogen-bond acceptors (Lipinski definition) is 4. The minimum absolute atomic E-state index is 0. The molecule has 2 N–H and O–H groups in total. The molecule has 4 heteroatoms. The third-order valence-electron chi connectivity index (χ3n) is 2.27. The van der Waals surface area contributed by atoms with Gasteiger partial charge in [0.1, 0.15) is 6.17 Å². The molecule has 1 aliphatic heterocycles. The second kappa shape index (κ2) is 2.99. The number of nitrogens with zero attached hydrogens (tertiary/aromatic N) is 1. The Morgan fingerprint density at radius 2 is 1.93 bits per heavy atom. The van der Waals surface area contributed by atoms with Crippen LogP contribution in [-0.4, -0.2) is 4.98 Å². The van der Waals surface area contributed by atoms with Crippen LogP contribution in [0.15, 0.2) is 35.2 Å². The molecule has 1 aliphatic rings. The second-order valence-electron chi connectivity index (χ2n) is 3.18. The summed E-state index contributed by atoms with van der Waals surface area (Å²) in [6.07, 6.45) is 0.124. The van der Waals surface area contributed by atoms with E-state index in [0.717, 1.165) is 17.1 Å². The van der Waals surface area contributed by atoms with Gasteiger partial charge in [-0.25, -0.2) is 4.98 Å². The van der Waals surface area contributed by atoms with Crippen molar-refractivity contribution in [3.63, 3.8) is 0 Å². The standard InChI is InChI=1S/C10H9N3S.H2/c1-2-4-8-7(3-1)12-10(13-8)9-5-14-6-11-9;/h1-6,10,12-13H;1H. The van der Waals surface area contributed by atoms with Crippen LogP contribution in [0.2, 0.25) is 0 Å². The molecule has 0 unspecified atom stereocenters. The Labute approximate surface area is 87.3 Å². The van der Waals surface area contributed by atoms with Crippen LogP contribution in [0.4, 0.5) is 11.4 Å². The van der Waals surface area contributed by atoms with Crippen LogP contribution in [0.1, 0.15) is 13.3 Å². The van der Waals surface area contributed by atoms with Crippen molar-refractivity contribution in [3.05, 3.63) is 40.8 Å². The predicted octanol–water partition coefficient (Wildman–Crippen LogP) is 2.93. The van der Waals surface area contributed by atoms with Crippen LogP contribution >= 0.6 is 11.3 Å². The van der Waals surface area contributed by atoms with Gasteiger partial charge < -0.3 is 10.6 Å². The lowest BCUT2D eigenvalue weighted by atomic mass is 10.3. The minimum Gasteiger partial charge on any atom is -0.359 e. The van der Waals surface area contributed by atoms with Crippen LogP contribution < -0.4 is 10.6 Å². The summed E-state index contributed by atoms with van der Waals surface area (Å²) in [5.41, 5.74) is 5.18. The molecule has 0 spiro atoms. The van der Waals surface area contributed by atoms with E-state index in [9.17, 15) is 0 Å². The Morgan fingerprint density at radius 1 is 1.21 bits per heavy atom. The first kappa shape index (κ1) is 7.82. The molecule has 72 valence electrons. The molecule has 1 aromatic heterocycles. The van der Waals surface area contributed by atoms with Gasteiger partial charge in [0.25, 0.3) is 0 Å². The van der Waals surface area contributed by atoms with Crippen LogP contribution in [0, 0.1) is 0 Å². The molecule has 2 heterocycles. The maximum atomic E-state index is 4.27. The largest absolute Gasteiger partial charge is 0.359 e. The fraction of sp³-hybridized carbons (Fsp3) is 0.100. The quantitative estimate of drug-likeness (QED) is 0.751. The number of benzene rings is 1. The number of anilines is 2. The van der Waals surface area contributed by atoms with E-state index in [-0.39, 0.29) is 7.59 Å². The van der Waals surface area contributed by atoms with Crippen molar-refractivity contribution >= 4 is 22.7 Å². The minimum atomic E-state index is 0. The highest BCUT2D eigenvalue weighted by Gasteiger charge is 2.21. The van der Waals surface area contributed by atoms with Crippen LogP contribution in [0.5, 0.6) is 0 Å². The van der Waals surface area contributed by atoms with E-state index in [4.69, 9.17) is 0 Å². The van der Waals surface area contributed by atoms with E-state index >= 15 is 0 Å². The zero-order valence-electron chi connectivity index (χ0n) is 7.40. The maximum Gasteiger partial charge on any atom is 0.141 e. The van der Waals surface area contributed by atoms with Gasteiger partial charge in [-0.15, -0.1) is 11.3 Å². The fourth-order valence-corrected chi connectivity index (χ4v) is 2.17. The summed E-state index contributed by atoms with van der Waals surface area (Å²) in [6.45, 7) is 0. The molecule has 14 heavy (non-hydrogen) atoms. The van der Waals surface area contributed by atoms with E-state index < -0.39 is 0 Å². The molecular weight excluding hydrogens is 194 g/mol. The first-order valence-corrected chi connectivity index (χ1v) is 5.38. The van der Waals surface area contributed by atoms with Crippen molar-refractivity contribution in [3.8, 4) is 0 Å². The third kappa shape index (κ3) is 1.15. The first-order chi connectivity index (χ1) is 6.93. The van der Waals surface area contributed by atoms with E-state index in [2.05, 4.69) is 33.1 Å². The van der Waals surface area contributed by atoms with E-state index in [0.29, 0.717) is 0 Å². The molecule has 1 aromatic carbocycles. The number of para-hydroxylation sites is 2. The van der Waals surface area contributed by atoms with Gasteiger partial charge in [0, 0.05) is 6.81 Å². The molecule has 0 atom stereocenters. The molecule has 0 amide bonds. The van der Waals surface area contributed by atoms with Gasteiger partial charge >= 0.3 is 0 Å². The summed E-state index contributed by atoms with van der Waals surface area (Å²) in [6, 6.07) is 8.18. The van der Waals surface area contributed by atoms with Crippen molar-refractivity contribution in [2.45, 2.75) is 6.17 Å². The molecule has 0 radical (unpaired) electrons. The summed E-state index contributed by atoms with van der Waals surface area (Å²) in [5, 5.41) is 8.79. The Hall–Kier alpha value is -1.55. The summed E-state index contributed by atoms with van der Waals surface area (Å²) in [7, 11) is 0. The van der Waals surface area contributed by atoms with Crippen molar-refractivity contribution in [1.82, 2.24) is 4.98 Å². The predicted molar refractivity (Wildman–Crippen MR) is 60.7 cm³/mol. The fourth-order valence-electron chi connectivity index (χ4n) is 1.59. The van der Waals surface area contributed by atoms with E-state index in [1.807, 2.05) is 17.6 Å². The Kier molecular flexibility index (Phi) is 1.67. The molecule has 2 aromatic rings. The number of hydrogen-bond donors (Lipinski definition) is 2. The van der Waals surface area contributed by atoms with E-state index in [1.54, 1.807) is 11.3 Å². The van der Waals surface area contributed by atoms with Gasteiger partial charge in [0.2, 0.25) is 0 Å². The number of nitrogens with one attached hydrogen (secondary N) is 2. The van der Waals surface area contributed by atoms with Crippen molar-refractivity contribution in [2.75, 3.05) is 10.6 Å². The van der Waals surface area contributed by atoms with Gasteiger partial charge in [0.05, 0.1) is 22.6 Å². The highest BCUT2D eigenvalue weighted by molar-refractivity contribution is 7.07. The van der Waals surface area contributed by atoms with Crippen LogP contribution in [0.25, 0.3) is 0 Å². The number of rotatable bonds is 1. The van der Waals surface area contributed by atoms with Crippen molar-refractivity contribution in [1.29, 1.82) is 0 Å². The van der Waals surface area contributed by atoms with Crippen molar-refractivity contribution < 1.29 is 1.43 Å². The maximum absolute atomic E-state index is 4.27. The lowest BCUT2D eigenvalue weighted by Crippen LogP contribution is -2.12. The highest BCUT2D eigenvalue weighted by Crippen LogP contribution is 2.34. The Bertz CT molecular complexity index is 419. The molecular formula is C10H11N3S. The Morgan fingerprint density at radius 3 is 2.50 bits per heavy atom. The third-order valence-corrected chi connectivity index (χ3v) is 2.88. The zero-order valence-corrected chi connectivity index (χ0v) is 8.21. The molecule has 0 saturated heterocycles. The average Bonchev–Trinajstić information content (AvgIpc) is 2.86. The number of aromatic nitrogens is 1. The van der Waals surface area contributed by atoms with Crippen LogP contribution in [-0.2, 0) is 0 Å². The molecule has 0 saturated carbocycles. The average molecular weight is 205 g/mol. The highest BCUT2D eigenvalue weighted by atomic mass is 32.1. The molecule has 0 aliphatic carbocycles. The monoisotopic (exact) mass is 205 g/mol. The molecule has 0 bridgehead atoms. The van der Waals surface area contributed by atoms with Crippen molar-refractivity contribution in [2.24, 2.45) is 0 Å². The summed E-state index contributed by atoms with van der Waals surface area (Å²) < 4.78 is 0. The number of thiazole rings is 1. The Balaban J connectivity index is 0.000000853. The van der Waals surface area contributed by atoms with Gasteiger partial charge in [-0.1, -0.05) is 12.1 Å². The summed E-state index contributed by atoms with van der Waals surface area (Å²) in [4.78, 5) is 4.27. The normalized spacial score (nSPS) is 14.6.